The molecule has 26 heavy (non-hydrogen) atoms. The third-order valence-electron chi connectivity index (χ3n) is 3.89. The van der Waals surface area contributed by atoms with Crippen LogP contribution in [0.3, 0.4) is 0 Å². The number of nitrogens with two attached hydrogens (primary N) is 1. The first-order valence-electron chi connectivity index (χ1n) is 7.38. The van der Waals surface area contributed by atoms with E-state index in [1.807, 2.05) is 0 Å². The molecule has 3 aromatic rings. The predicted octanol–water partition coefficient (Wildman–Crippen LogP) is 4.15. The van der Waals surface area contributed by atoms with E-state index in [1.165, 1.54) is 36.5 Å². The van der Waals surface area contributed by atoms with E-state index in [4.69, 9.17) is 10.8 Å². The summed E-state index contributed by atoms with van der Waals surface area (Å²) in [5.74, 6) is -1.66. The quantitative estimate of drug-likeness (QED) is 0.653. The molecule has 0 aliphatic carbocycles. The number of nitrogen functional groups attached to an aromatic ring is 1. The van der Waals surface area contributed by atoms with Gasteiger partial charge in [-0.25, -0.2) is 4.79 Å². The maximum atomic E-state index is 12.7. The van der Waals surface area contributed by atoms with Crippen LogP contribution < -0.4 is 5.73 Å². The Balaban J connectivity index is 1.97. The fourth-order valence-electron chi connectivity index (χ4n) is 2.56. The van der Waals surface area contributed by atoms with Gasteiger partial charge in [-0.1, -0.05) is 12.1 Å². The van der Waals surface area contributed by atoms with Gasteiger partial charge in [0, 0.05) is 29.7 Å². The van der Waals surface area contributed by atoms with Crippen molar-refractivity contribution in [2.24, 2.45) is 0 Å². The Hall–Kier alpha value is -3.42. The number of anilines is 1. The lowest BCUT2D eigenvalue weighted by Gasteiger charge is -2.07. The normalized spacial score (nSPS) is 11.5. The number of hydrogen-bond acceptors (Lipinski definition) is 3. The zero-order valence-electron chi connectivity index (χ0n) is 13.2. The summed E-state index contributed by atoms with van der Waals surface area (Å²) in [7, 11) is 0. The molecule has 0 fully saturated rings. The molecule has 0 aliphatic heterocycles. The zero-order chi connectivity index (χ0) is 19.1. The minimum Gasteiger partial charge on any atom is -0.507 e. The third kappa shape index (κ3) is 3.21. The number of carboxylic acids is 1. The van der Waals surface area contributed by atoms with Crippen molar-refractivity contribution in [1.82, 2.24) is 4.57 Å². The van der Waals surface area contributed by atoms with Crippen molar-refractivity contribution < 1.29 is 28.2 Å². The first kappa shape index (κ1) is 17.4. The summed E-state index contributed by atoms with van der Waals surface area (Å²) in [5.41, 5.74) is 6.75. The van der Waals surface area contributed by atoms with Crippen molar-refractivity contribution >= 4 is 11.7 Å². The van der Waals surface area contributed by atoms with Crippen molar-refractivity contribution in [3.05, 3.63) is 66.0 Å². The van der Waals surface area contributed by atoms with Gasteiger partial charge >= 0.3 is 12.1 Å². The predicted molar refractivity (Wildman–Crippen MR) is 89.2 cm³/mol. The molecule has 4 N–H and O–H groups in total. The fourth-order valence-corrected chi connectivity index (χ4v) is 2.56. The van der Waals surface area contributed by atoms with Gasteiger partial charge in [-0.05, 0) is 29.8 Å². The SMILES string of the molecule is Nc1cn(-c2ccc(C(=O)O)c(O)c2)cc1-c1ccc(C(F)(F)F)cc1. The number of halogens is 3. The summed E-state index contributed by atoms with van der Waals surface area (Å²) in [4.78, 5) is 10.9. The molecule has 134 valence electrons. The molecule has 0 atom stereocenters. The Morgan fingerprint density at radius 3 is 2.23 bits per heavy atom. The maximum Gasteiger partial charge on any atom is 0.416 e. The monoisotopic (exact) mass is 362 g/mol. The van der Waals surface area contributed by atoms with E-state index in [2.05, 4.69) is 0 Å². The number of benzene rings is 2. The largest absolute Gasteiger partial charge is 0.507 e. The molecule has 0 saturated carbocycles. The highest BCUT2D eigenvalue weighted by Crippen LogP contribution is 2.33. The van der Waals surface area contributed by atoms with Crippen LogP contribution in [0, 0.1) is 0 Å². The number of aromatic nitrogens is 1. The number of carboxylic acid groups (broad SMARTS) is 1. The molecule has 0 bridgehead atoms. The lowest BCUT2D eigenvalue weighted by molar-refractivity contribution is -0.137. The van der Waals surface area contributed by atoms with Crippen LogP contribution in [0.5, 0.6) is 5.75 Å². The molecule has 0 amide bonds. The highest BCUT2D eigenvalue weighted by atomic mass is 19.4. The molecule has 0 spiro atoms. The molecule has 0 radical (unpaired) electrons. The van der Waals surface area contributed by atoms with Crippen LogP contribution in [-0.2, 0) is 6.18 Å². The number of carbonyl (C=O) groups is 1. The van der Waals surface area contributed by atoms with Crippen LogP contribution >= 0.6 is 0 Å². The van der Waals surface area contributed by atoms with Crippen molar-refractivity contribution in [2.75, 3.05) is 5.73 Å². The number of aromatic carboxylic acids is 1. The van der Waals surface area contributed by atoms with Gasteiger partial charge in [-0.2, -0.15) is 13.2 Å². The van der Waals surface area contributed by atoms with Crippen molar-refractivity contribution in [2.45, 2.75) is 6.18 Å². The van der Waals surface area contributed by atoms with Crippen molar-refractivity contribution in [3.63, 3.8) is 0 Å². The van der Waals surface area contributed by atoms with E-state index in [0.29, 0.717) is 22.5 Å². The molecule has 1 heterocycles. The van der Waals surface area contributed by atoms with Crippen LogP contribution in [-0.4, -0.2) is 20.7 Å². The van der Waals surface area contributed by atoms with Gasteiger partial charge < -0.3 is 20.5 Å². The second-order valence-corrected chi connectivity index (χ2v) is 5.62. The zero-order valence-corrected chi connectivity index (χ0v) is 13.2. The van der Waals surface area contributed by atoms with E-state index in [-0.39, 0.29) is 5.56 Å². The summed E-state index contributed by atoms with van der Waals surface area (Å²) in [6.07, 6.45) is -1.30. The first-order valence-corrected chi connectivity index (χ1v) is 7.38. The summed E-state index contributed by atoms with van der Waals surface area (Å²) in [6.45, 7) is 0. The number of alkyl halides is 3. The topological polar surface area (TPSA) is 88.5 Å². The average Bonchev–Trinajstić information content (AvgIpc) is 2.95. The maximum absolute atomic E-state index is 12.7. The summed E-state index contributed by atoms with van der Waals surface area (Å²) in [5, 5.41) is 18.7. The Bertz CT molecular complexity index is 976. The van der Waals surface area contributed by atoms with Gasteiger partial charge in [-0.3, -0.25) is 0 Å². The van der Waals surface area contributed by atoms with Crippen LogP contribution in [0.25, 0.3) is 16.8 Å². The molecule has 8 heteroatoms. The Morgan fingerprint density at radius 1 is 1.04 bits per heavy atom. The van der Waals surface area contributed by atoms with Crippen LogP contribution in [0.2, 0.25) is 0 Å². The minimum atomic E-state index is -4.42. The van der Waals surface area contributed by atoms with Crippen LogP contribution in [0.1, 0.15) is 15.9 Å². The summed E-state index contributed by atoms with van der Waals surface area (Å²) < 4.78 is 39.5. The molecule has 0 aliphatic rings. The van der Waals surface area contributed by atoms with Crippen molar-refractivity contribution in [3.8, 4) is 22.6 Å². The van der Waals surface area contributed by atoms with Gasteiger partial charge in [-0.15, -0.1) is 0 Å². The fraction of sp³-hybridized carbons (Fsp3) is 0.0556. The molecule has 1 aromatic heterocycles. The van der Waals surface area contributed by atoms with E-state index < -0.39 is 23.5 Å². The standard InChI is InChI=1S/C18H13F3N2O3/c19-18(20,21)11-3-1-10(2-4-11)14-8-23(9-15(14)22)12-5-6-13(17(25)26)16(24)7-12/h1-9,24H,22H2,(H,25,26). The Morgan fingerprint density at radius 2 is 1.69 bits per heavy atom. The van der Waals surface area contributed by atoms with Gasteiger partial charge in [0.15, 0.2) is 0 Å². The molecular formula is C18H13F3N2O3. The third-order valence-corrected chi connectivity index (χ3v) is 3.89. The molecule has 5 nitrogen and oxygen atoms in total. The summed E-state index contributed by atoms with van der Waals surface area (Å²) >= 11 is 0. The van der Waals surface area contributed by atoms with E-state index in [9.17, 15) is 23.1 Å². The van der Waals surface area contributed by atoms with Crippen molar-refractivity contribution in [1.29, 1.82) is 0 Å². The lowest BCUT2D eigenvalue weighted by atomic mass is 10.1. The number of rotatable bonds is 3. The lowest BCUT2D eigenvalue weighted by Crippen LogP contribution is -2.04. The smallest absolute Gasteiger partial charge is 0.416 e. The van der Waals surface area contributed by atoms with Gasteiger partial charge in [0.1, 0.15) is 11.3 Å². The molecular weight excluding hydrogens is 349 g/mol. The highest BCUT2D eigenvalue weighted by Gasteiger charge is 2.30. The molecule has 0 unspecified atom stereocenters. The highest BCUT2D eigenvalue weighted by molar-refractivity contribution is 5.91. The van der Waals surface area contributed by atoms with E-state index >= 15 is 0 Å². The molecule has 2 aromatic carbocycles. The number of hydrogen-bond donors (Lipinski definition) is 3. The van der Waals surface area contributed by atoms with Gasteiger partial charge in [0.25, 0.3) is 0 Å². The molecule has 0 saturated heterocycles. The average molecular weight is 362 g/mol. The number of aromatic hydroxyl groups is 1. The van der Waals surface area contributed by atoms with E-state index in [0.717, 1.165) is 12.1 Å². The second-order valence-electron chi connectivity index (χ2n) is 5.62. The van der Waals surface area contributed by atoms with Crippen LogP contribution in [0.4, 0.5) is 18.9 Å². The van der Waals surface area contributed by atoms with Gasteiger partial charge in [0.05, 0.1) is 11.3 Å². The van der Waals surface area contributed by atoms with Gasteiger partial charge in [0.2, 0.25) is 0 Å². The summed E-state index contributed by atoms with van der Waals surface area (Å²) in [6, 6.07) is 8.59. The second kappa shape index (κ2) is 6.14. The first-order chi connectivity index (χ1) is 12.2. The van der Waals surface area contributed by atoms with Crippen LogP contribution in [0.15, 0.2) is 54.9 Å². The minimum absolute atomic E-state index is 0.239. The Labute approximate surface area is 145 Å². The number of phenols is 1. The number of nitrogens with zero attached hydrogens (tertiary/aromatic N) is 1. The molecule has 3 rings (SSSR count). The van der Waals surface area contributed by atoms with E-state index in [1.54, 1.807) is 10.8 Å². The Kier molecular flexibility index (Phi) is 4.11.